The summed E-state index contributed by atoms with van der Waals surface area (Å²) in [5.74, 6) is 0. The van der Waals surface area contributed by atoms with E-state index in [2.05, 4.69) is 64.8 Å². The minimum Gasteiger partial charge on any atom is -0.378 e. The first kappa shape index (κ1) is 14.0. The Morgan fingerprint density at radius 1 is 0.950 bits per heavy atom. The second kappa shape index (κ2) is 6.68. The van der Waals surface area contributed by atoms with Gasteiger partial charge in [-0.25, -0.2) is 0 Å². The van der Waals surface area contributed by atoms with Gasteiger partial charge in [-0.05, 0) is 35.2 Å². The number of rotatable bonds is 5. The van der Waals surface area contributed by atoms with Crippen molar-refractivity contribution in [2.45, 2.75) is 6.42 Å². The van der Waals surface area contributed by atoms with Crippen molar-refractivity contribution in [1.29, 1.82) is 0 Å². The molecule has 2 nitrogen and oxygen atoms in total. The van der Waals surface area contributed by atoms with Gasteiger partial charge in [0.1, 0.15) is 0 Å². The molecule has 0 amide bonds. The maximum absolute atomic E-state index is 5.16. The van der Waals surface area contributed by atoms with Crippen LogP contribution in [0.25, 0.3) is 11.1 Å². The van der Waals surface area contributed by atoms with Gasteiger partial charge in [0.15, 0.2) is 0 Å². The molecular weight excluding hydrogens is 244 g/mol. The van der Waals surface area contributed by atoms with Crippen LogP contribution in [0.1, 0.15) is 5.56 Å². The maximum Gasteiger partial charge on any atom is 0.0361 e. The Kier molecular flexibility index (Phi) is 4.68. The molecule has 0 radical (unpaired) electrons. The van der Waals surface area contributed by atoms with Crippen molar-refractivity contribution < 1.29 is 0 Å². The SMILES string of the molecule is C#CNCCc1ccc(-c2ccc(N(C)C)cc2)cc1. The van der Waals surface area contributed by atoms with E-state index in [1.807, 2.05) is 14.1 Å². The van der Waals surface area contributed by atoms with E-state index < -0.39 is 0 Å². The molecule has 102 valence electrons. The molecule has 0 aliphatic heterocycles. The number of nitrogens with one attached hydrogen (secondary N) is 1. The highest BCUT2D eigenvalue weighted by atomic mass is 15.1. The van der Waals surface area contributed by atoms with E-state index in [-0.39, 0.29) is 0 Å². The standard InChI is InChI=1S/C18H20N2/c1-4-19-14-13-15-5-7-16(8-6-15)17-9-11-18(12-10-17)20(2)3/h1,5-12,19H,13-14H2,2-3H3. The Morgan fingerprint density at radius 3 is 2.00 bits per heavy atom. The zero-order chi connectivity index (χ0) is 14.4. The molecule has 0 aliphatic rings. The zero-order valence-electron chi connectivity index (χ0n) is 12.1. The second-order valence-corrected chi connectivity index (χ2v) is 4.96. The highest BCUT2D eigenvalue weighted by molar-refractivity contribution is 5.66. The zero-order valence-corrected chi connectivity index (χ0v) is 12.1. The number of terminal acetylenes is 1. The van der Waals surface area contributed by atoms with Gasteiger partial charge in [0.2, 0.25) is 0 Å². The van der Waals surface area contributed by atoms with E-state index in [0.29, 0.717) is 0 Å². The van der Waals surface area contributed by atoms with E-state index in [1.54, 1.807) is 0 Å². The molecule has 1 N–H and O–H groups in total. The molecule has 0 bridgehead atoms. The van der Waals surface area contributed by atoms with Crippen LogP contribution in [0.4, 0.5) is 5.69 Å². The molecule has 20 heavy (non-hydrogen) atoms. The van der Waals surface area contributed by atoms with Crippen LogP contribution in [0.2, 0.25) is 0 Å². The molecule has 2 aromatic carbocycles. The van der Waals surface area contributed by atoms with E-state index in [0.717, 1.165) is 13.0 Å². The van der Waals surface area contributed by atoms with Crippen LogP contribution in [-0.2, 0) is 6.42 Å². The van der Waals surface area contributed by atoms with Crippen LogP contribution < -0.4 is 10.2 Å². The second-order valence-electron chi connectivity index (χ2n) is 4.96. The Hall–Kier alpha value is -2.40. The molecule has 0 heterocycles. The molecular formula is C18H20N2. The fraction of sp³-hybridized carbons (Fsp3) is 0.222. The monoisotopic (exact) mass is 264 g/mol. The van der Waals surface area contributed by atoms with Gasteiger partial charge in [-0.2, -0.15) is 0 Å². The molecule has 0 saturated heterocycles. The molecule has 0 atom stereocenters. The molecule has 2 aromatic rings. The van der Waals surface area contributed by atoms with Crippen LogP contribution in [0.15, 0.2) is 48.5 Å². The van der Waals surface area contributed by atoms with Gasteiger partial charge in [0.05, 0.1) is 0 Å². The van der Waals surface area contributed by atoms with E-state index >= 15 is 0 Å². The van der Waals surface area contributed by atoms with Crippen LogP contribution in [0.3, 0.4) is 0 Å². The number of hydrogen-bond donors (Lipinski definition) is 1. The van der Waals surface area contributed by atoms with Crippen molar-refractivity contribution in [3.8, 4) is 23.6 Å². The predicted molar refractivity (Wildman–Crippen MR) is 86.7 cm³/mol. The lowest BCUT2D eigenvalue weighted by atomic mass is 10.0. The van der Waals surface area contributed by atoms with Gasteiger partial charge >= 0.3 is 0 Å². The predicted octanol–water partition coefficient (Wildman–Crippen LogP) is 3.14. The normalized spacial score (nSPS) is 9.85. The lowest BCUT2D eigenvalue weighted by Gasteiger charge is -2.12. The summed E-state index contributed by atoms with van der Waals surface area (Å²) in [7, 11) is 4.10. The van der Waals surface area contributed by atoms with Crippen molar-refractivity contribution >= 4 is 5.69 Å². The fourth-order valence-corrected chi connectivity index (χ4v) is 2.09. The van der Waals surface area contributed by atoms with Crippen molar-refractivity contribution in [2.75, 3.05) is 25.5 Å². The van der Waals surface area contributed by atoms with Crippen LogP contribution in [-0.4, -0.2) is 20.6 Å². The first-order valence-corrected chi connectivity index (χ1v) is 6.76. The number of nitrogens with zero attached hydrogens (tertiary/aromatic N) is 1. The fourth-order valence-electron chi connectivity index (χ4n) is 2.09. The van der Waals surface area contributed by atoms with Gasteiger partial charge in [-0.15, -0.1) is 0 Å². The summed E-state index contributed by atoms with van der Waals surface area (Å²) < 4.78 is 0. The molecule has 0 saturated carbocycles. The van der Waals surface area contributed by atoms with Crippen molar-refractivity contribution in [3.63, 3.8) is 0 Å². The summed E-state index contributed by atoms with van der Waals surface area (Å²) in [6.45, 7) is 0.813. The van der Waals surface area contributed by atoms with E-state index in [4.69, 9.17) is 6.42 Å². The van der Waals surface area contributed by atoms with Crippen LogP contribution in [0, 0.1) is 12.5 Å². The van der Waals surface area contributed by atoms with Crippen molar-refractivity contribution in [1.82, 2.24) is 5.32 Å². The van der Waals surface area contributed by atoms with Crippen LogP contribution in [0.5, 0.6) is 0 Å². The van der Waals surface area contributed by atoms with Crippen molar-refractivity contribution in [2.24, 2.45) is 0 Å². The highest BCUT2D eigenvalue weighted by Gasteiger charge is 2.00. The largest absolute Gasteiger partial charge is 0.378 e. The van der Waals surface area contributed by atoms with Crippen LogP contribution >= 0.6 is 0 Å². The molecule has 2 heteroatoms. The quantitative estimate of drug-likeness (QED) is 0.507. The average Bonchev–Trinajstić information content (AvgIpc) is 2.48. The van der Waals surface area contributed by atoms with Gasteiger partial charge in [-0.3, -0.25) is 0 Å². The Balaban J connectivity index is 2.07. The van der Waals surface area contributed by atoms with Gasteiger partial charge in [0, 0.05) is 32.4 Å². The Labute approximate surface area is 121 Å². The third-order valence-electron chi connectivity index (χ3n) is 3.31. The third-order valence-corrected chi connectivity index (χ3v) is 3.31. The summed E-state index contributed by atoms with van der Waals surface area (Å²) in [6, 6.07) is 19.7. The summed E-state index contributed by atoms with van der Waals surface area (Å²) in [6.07, 6.45) is 6.11. The maximum atomic E-state index is 5.16. The first-order valence-electron chi connectivity index (χ1n) is 6.76. The third kappa shape index (κ3) is 3.55. The molecule has 0 fully saturated rings. The van der Waals surface area contributed by atoms with Gasteiger partial charge < -0.3 is 10.2 Å². The van der Waals surface area contributed by atoms with Gasteiger partial charge in [0.25, 0.3) is 0 Å². The molecule has 0 spiro atoms. The highest BCUT2D eigenvalue weighted by Crippen LogP contribution is 2.22. The number of anilines is 1. The smallest absolute Gasteiger partial charge is 0.0361 e. The molecule has 0 aromatic heterocycles. The average molecular weight is 264 g/mol. The molecule has 0 aliphatic carbocycles. The first-order chi connectivity index (χ1) is 9.70. The van der Waals surface area contributed by atoms with E-state index in [9.17, 15) is 0 Å². The summed E-state index contributed by atoms with van der Waals surface area (Å²) in [4.78, 5) is 2.10. The summed E-state index contributed by atoms with van der Waals surface area (Å²) >= 11 is 0. The minimum absolute atomic E-state index is 0.813. The minimum atomic E-state index is 0.813. The Morgan fingerprint density at radius 2 is 1.50 bits per heavy atom. The molecule has 2 rings (SSSR count). The van der Waals surface area contributed by atoms with Crippen molar-refractivity contribution in [3.05, 3.63) is 54.1 Å². The van der Waals surface area contributed by atoms with E-state index in [1.165, 1.54) is 22.4 Å². The Bertz CT molecular complexity index is 574. The summed E-state index contributed by atoms with van der Waals surface area (Å²) in [5, 5.41) is 2.88. The topological polar surface area (TPSA) is 15.3 Å². The summed E-state index contributed by atoms with van der Waals surface area (Å²) in [5.41, 5.74) is 4.99. The lowest BCUT2D eigenvalue weighted by Crippen LogP contribution is -2.09. The number of benzene rings is 2. The number of hydrogen-bond acceptors (Lipinski definition) is 2. The lowest BCUT2D eigenvalue weighted by molar-refractivity contribution is 0.855. The molecule has 0 unspecified atom stereocenters. The van der Waals surface area contributed by atoms with Gasteiger partial charge in [-0.1, -0.05) is 42.8 Å².